The zero-order chi connectivity index (χ0) is 33.6. The van der Waals surface area contributed by atoms with Gasteiger partial charge in [0.25, 0.3) is 0 Å². The number of hydrogen-bond acceptors (Lipinski definition) is 5. The fourth-order valence-electron chi connectivity index (χ4n) is 6.95. The van der Waals surface area contributed by atoms with E-state index in [0.29, 0.717) is 17.9 Å². The van der Waals surface area contributed by atoms with E-state index < -0.39 is 17.7 Å². The minimum atomic E-state index is -1.19. The average molecular weight is 765 g/mol. The number of carbonyl (C=O) groups is 1. The maximum absolute atomic E-state index is 12.9. The van der Waals surface area contributed by atoms with Crippen molar-refractivity contribution in [2.75, 3.05) is 13.2 Å². The van der Waals surface area contributed by atoms with Crippen molar-refractivity contribution in [3.05, 3.63) is 104 Å². The molecule has 47 heavy (non-hydrogen) atoms. The number of benzene rings is 3. The number of pyridine rings is 1. The third-order valence-corrected chi connectivity index (χ3v) is 11.0. The molecule has 4 aromatic rings. The van der Waals surface area contributed by atoms with Crippen LogP contribution in [0, 0.1) is 20.8 Å². The number of aryl methyl sites for hydroxylation is 4. The molecule has 2 atom stereocenters. The Balaban J connectivity index is 1.49. The van der Waals surface area contributed by atoms with Crippen molar-refractivity contribution in [3.8, 4) is 28.0 Å². The van der Waals surface area contributed by atoms with Gasteiger partial charge in [-0.2, -0.15) is 0 Å². The molecule has 0 fully saturated rings. The number of halogens is 2. The smallest absolute Gasteiger partial charge is 0.337 e. The Bertz CT molecular complexity index is 1830. The predicted molar refractivity (Wildman–Crippen MR) is 197 cm³/mol. The van der Waals surface area contributed by atoms with Crippen molar-refractivity contribution < 1.29 is 19.4 Å². The van der Waals surface area contributed by atoms with Gasteiger partial charge in [0.1, 0.15) is 5.75 Å². The molecule has 0 radical (unpaired) electrons. The summed E-state index contributed by atoms with van der Waals surface area (Å²) >= 11 is 9.16. The lowest BCUT2D eigenvalue weighted by atomic mass is 9.84. The zero-order valence-corrected chi connectivity index (χ0v) is 30.8. The molecule has 1 unspecified atom stereocenters. The van der Waals surface area contributed by atoms with Crippen LogP contribution >= 0.6 is 34.2 Å². The fourth-order valence-corrected chi connectivity index (χ4v) is 8.32. The Morgan fingerprint density at radius 1 is 1.04 bits per heavy atom. The Morgan fingerprint density at radius 2 is 1.77 bits per heavy atom. The molecular formula is C39H42ClIN2O4. The highest BCUT2D eigenvalue weighted by molar-refractivity contribution is 14.1. The summed E-state index contributed by atoms with van der Waals surface area (Å²) < 4.78 is 12.4. The van der Waals surface area contributed by atoms with Crippen molar-refractivity contribution in [1.82, 2.24) is 9.88 Å². The first-order chi connectivity index (χ1) is 22.3. The second-order valence-electron chi connectivity index (χ2n) is 13.7. The van der Waals surface area contributed by atoms with E-state index in [0.717, 1.165) is 76.6 Å². The molecule has 3 heterocycles. The second-order valence-corrected chi connectivity index (χ2v) is 15.3. The van der Waals surface area contributed by atoms with Gasteiger partial charge in [-0.25, -0.2) is 4.79 Å². The molecule has 2 aliphatic rings. The third-order valence-electron chi connectivity index (χ3n) is 9.15. The summed E-state index contributed by atoms with van der Waals surface area (Å²) in [6, 6.07) is 19.0. The summed E-state index contributed by atoms with van der Waals surface area (Å²) in [4.78, 5) is 20.4. The lowest BCUT2D eigenvalue weighted by Crippen LogP contribution is -2.32. The summed E-state index contributed by atoms with van der Waals surface area (Å²) in [6.45, 7) is 14.1. The monoisotopic (exact) mass is 764 g/mol. The number of rotatable bonds is 7. The second kappa shape index (κ2) is 13.5. The lowest BCUT2D eigenvalue weighted by molar-refractivity contribution is -0.160. The number of ether oxygens (including phenoxy) is 2. The molecule has 246 valence electrons. The Kier molecular flexibility index (Phi) is 9.74. The standard InChI is InChI=1S/C39H42ClIN2O4/c1-22-9-7-11-31(40)30(22)21-43-17-16-25-19-27(12-14-29(25)37(43)41)33-23(2)42-24(3)34(36(38(44)45)47-39(4,5)6)35(33)28-13-15-32-26(20-28)10-8-18-46-32/h7,9,11-15,19-20,36-37H,8,10,16-18,21H2,1-6H3,(H,44,45)/t36-,37?/m0/s1. The molecule has 6 nitrogen and oxygen atoms in total. The Morgan fingerprint density at radius 3 is 2.49 bits per heavy atom. The number of carboxylic acid groups (broad SMARTS) is 1. The summed E-state index contributed by atoms with van der Waals surface area (Å²) in [6.07, 6.45) is 1.57. The first kappa shape index (κ1) is 33.9. The lowest BCUT2D eigenvalue weighted by Gasteiger charge is -2.35. The van der Waals surface area contributed by atoms with Crippen LogP contribution in [0.25, 0.3) is 22.3 Å². The van der Waals surface area contributed by atoms with Crippen LogP contribution in [0.2, 0.25) is 5.02 Å². The molecule has 6 rings (SSSR count). The van der Waals surface area contributed by atoms with Crippen LogP contribution in [0.5, 0.6) is 5.75 Å². The van der Waals surface area contributed by atoms with Crippen LogP contribution in [0.15, 0.2) is 54.6 Å². The van der Waals surface area contributed by atoms with Gasteiger partial charge in [-0.1, -0.05) is 70.6 Å². The molecule has 1 N–H and O–H groups in total. The van der Waals surface area contributed by atoms with E-state index in [9.17, 15) is 9.90 Å². The van der Waals surface area contributed by atoms with Crippen LogP contribution in [0.1, 0.15) is 82.1 Å². The number of aromatic nitrogens is 1. The Labute approximate surface area is 296 Å². The van der Waals surface area contributed by atoms with Gasteiger partial charge in [0.2, 0.25) is 0 Å². The summed E-state index contributed by atoms with van der Waals surface area (Å²) in [7, 11) is 0. The number of hydrogen-bond donors (Lipinski definition) is 1. The van der Waals surface area contributed by atoms with Crippen molar-refractivity contribution >= 4 is 40.2 Å². The SMILES string of the molecule is Cc1cccc(Cl)c1CN1CCc2cc(-c3c(C)nc(C)c([C@H](OC(C)(C)C)C(=O)O)c3-c3ccc4c(c3)CCCO4)ccc2C1I. The van der Waals surface area contributed by atoms with Gasteiger partial charge in [-0.3, -0.25) is 9.88 Å². The molecule has 0 amide bonds. The molecule has 3 aromatic carbocycles. The molecule has 0 saturated heterocycles. The zero-order valence-electron chi connectivity index (χ0n) is 27.9. The number of carboxylic acids is 1. The first-order valence-electron chi connectivity index (χ1n) is 16.3. The molecule has 1 aromatic heterocycles. The van der Waals surface area contributed by atoms with E-state index in [1.54, 1.807) is 0 Å². The molecule has 2 aliphatic heterocycles. The van der Waals surface area contributed by atoms with Gasteiger partial charge >= 0.3 is 5.97 Å². The highest BCUT2D eigenvalue weighted by atomic mass is 127. The van der Waals surface area contributed by atoms with E-state index in [1.165, 1.54) is 22.3 Å². The molecular weight excluding hydrogens is 723 g/mol. The van der Waals surface area contributed by atoms with E-state index >= 15 is 0 Å². The predicted octanol–water partition coefficient (Wildman–Crippen LogP) is 9.75. The van der Waals surface area contributed by atoms with Crippen molar-refractivity contribution in [2.45, 2.75) is 83.1 Å². The van der Waals surface area contributed by atoms with E-state index in [2.05, 4.69) is 70.8 Å². The van der Waals surface area contributed by atoms with Crippen LogP contribution in [0.4, 0.5) is 0 Å². The maximum Gasteiger partial charge on any atom is 0.337 e. The molecule has 8 heteroatoms. The van der Waals surface area contributed by atoms with Gasteiger partial charge < -0.3 is 14.6 Å². The van der Waals surface area contributed by atoms with Crippen LogP contribution in [-0.2, 0) is 28.9 Å². The number of nitrogens with zero attached hydrogens (tertiary/aromatic N) is 2. The van der Waals surface area contributed by atoms with Gasteiger partial charge in [0.05, 0.1) is 16.3 Å². The normalized spacial score (nSPS) is 17.1. The van der Waals surface area contributed by atoms with Gasteiger partial charge in [-0.15, -0.1) is 0 Å². The molecule has 0 aliphatic carbocycles. The van der Waals surface area contributed by atoms with Gasteiger partial charge in [0, 0.05) is 40.6 Å². The first-order valence-corrected chi connectivity index (χ1v) is 17.9. The van der Waals surface area contributed by atoms with Crippen molar-refractivity contribution in [1.29, 1.82) is 0 Å². The van der Waals surface area contributed by atoms with Gasteiger partial charge in [-0.05, 0) is 124 Å². The molecule has 0 spiro atoms. The minimum absolute atomic E-state index is 0.186. The van der Waals surface area contributed by atoms with E-state index in [1.807, 2.05) is 52.8 Å². The summed E-state index contributed by atoms with van der Waals surface area (Å²) in [5, 5.41) is 11.4. The largest absolute Gasteiger partial charge is 0.493 e. The van der Waals surface area contributed by atoms with Crippen LogP contribution < -0.4 is 4.74 Å². The minimum Gasteiger partial charge on any atom is -0.493 e. The van der Waals surface area contributed by atoms with Gasteiger partial charge in [0.15, 0.2) is 6.10 Å². The number of aliphatic carboxylic acids is 1. The number of fused-ring (bicyclic) bond motifs is 2. The fraction of sp³-hybridized carbons (Fsp3) is 0.385. The number of alkyl halides is 1. The van der Waals surface area contributed by atoms with Crippen LogP contribution in [0.3, 0.4) is 0 Å². The van der Waals surface area contributed by atoms with Crippen molar-refractivity contribution in [2.24, 2.45) is 0 Å². The van der Waals surface area contributed by atoms with Crippen LogP contribution in [-0.4, -0.2) is 39.7 Å². The van der Waals surface area contributed by atoms with Crippen molar-refractivity contribution in [3.63, 3.8) is 0 Å². The maximum atomic E-state index is 12.9. The van der Waals surface area contributed by atoms with E-state index in [4.69, 9.17) is 26.1 Å². The summed E-state index contributed by atoms with van der Waals surface area (Å²) in [5.41, 5.74) is 11.3. The molecule has 0 saturated carbocycles. The Hall–Kier alpha value is -2.98. The molecule has 0 bridgehead atoms. The summed E-state index contributed by atoms with van der Waals surface area (Å²) in [5.74, 6) is -0.140. The quantitative estimate of drug-likeness (QED) is 0.115. The third kappa shape index (κ3) is 6.95. The van der Waals surface area contributed by atoms with E-state index in [-0.39, 0.29) is 4.05 Å². The average Bonchev–Trinajstić information content (AvgIpc) is 3.01. The topological polar surface area (TPSA) is 71.9 Å². The highest BCUT2D eigenvalue weighted by Crippen LogP contribution is 2.46. The highest BCUT2D eigenvalue weighted by Gasteiger charge is 2.34.